The number of fused-ring (bicyclic) bond motifs is 1. The van der Waals surface area contributed by atoms with E-state index in [0.29, 0.717) is 11.6 Å². The topological polar surface area (TPSA) is 46.9 Å². The number of benzene rings is 2. The first kappa shape index (κ1) is 16.1. The van der Waals surface area contributed by atoms with E-state index >= 15 is 0 Å². The number of amides is 1. The van der Waals surface area contributed by atoms with Crippen molar-refractivity contribution in [1.82, 2.24) is 15.1 Å². The van der Waals surface area contributed by atoms with E-state index in [1.165, 1.54) is 22.0 Å². The summed E-state index contributed by atoms with van der Waals surface area (Å²) in [4.78, 5) is 12.5. The molecule has 4 rings (SSSR count). The summed E-state index contributed by atoms with van der Waals surface area (Å²) in [5, 5.41) is 8.36. The van der Waals surface area contributed by atoms with Gasteiger partial charge in [-0.3, -0.25) is 4.79 Å². The monoisotopic (exact) mass is 495 g/mol. The molecule has 1 aliphatic rings. The maximum atomic E-state index is 12.5. The van der Waals surface area contributed by atoms with Crippen LogP contribution >= 0.6 is 38.5 Å². The number of carbonyl (C=O) groups excluding carboxylic acids is 1. The molecular weight excluding hydrogens is 481 g/mol. The first-order chi connectivity index (χ1) is 11.6. The smallest absolute Gasteiger partial charge is 0.270 e. The fraction of sp³-hybridized carbons (Fsp3) is 0.222. The molecule has 6 heteroatoms. The minimum absolute atomic E-state index is 0.122. The van der Waals surface area contributed by atoms with Crippen LogP contribution in [0.5, 0.6) is 0 Å². The normalized spacial score (nSPS) is 14.1. The Kier molecular flexibility index (Phi) is 4.12. The molecule has 1 amide bonds. The van der Waals surface area contributed by atoms with E-state index in [4.69, 9.17) is 5.10 Å². The first-order valence-electron chi connectivity index (χ1n) is 7.78. The van der Waals surface area contributed by atoms with E-state index in [1.54, 1.807) is 11.7 Å². The second-order valence-corrected chi connectivity index (χ2v) is 8.06. The van der Waals surface area contributed by atoms with Gasteiger partial charge in [0.2, 0.25) is 0 Å². The summed E-state index contributed by atoms with van der Waals surface area (Å²) in [6.07, 6.45) is 2.47. The Morgan fingerprint density at radius 2 is 2.00 bits per heavy atom. The lowest BCUT2D eigenvalue weighted by Crippen LogP contribution is -2.21. The summed E-state index contributed by atoms with van der Waals surface area (Å²) in [7, 11) is 1.65. The van der Waals surface area contributed by atoms with Crippen LogP contribution < -0.4 is 5.32 Å². The van der Waals surface area contributed by atoms with Crippen LogP contribution in [0.1, 0.15) is 34.8 Å². The molecule has 0 saturated heterocycles. The summed E-state index contributed by atoms with van der Waals surface area (Å²) in [6.45, 7) is 0. The molecule has 1 aromatic heterocycles. The van der Waals surface area contributed by atoms with Gasteiger partial charge in [-0.05, 0) is 83.3 Å². The molecule has 0 bridgehead atoms. The molecule has 122 valence electrons. The van der Waals surface area contributed by atoms with Gasteiger partial charge in [-0.1, -0.05) is 15.9 Å². The zero-order chi connectivity index (χ0) is 16.8. The largest absolute Gasteiger partial charge is 0.354 e. The highest BCUT2D eigenvalue weighted by atomic mass is 127. The molecule has 0 aliphatic heterocycles. The van der Waals surface area contributed by atoms with Crippen molar-refractivity contribution in [3.8, 4) is 5.69 Å². The molecule has 0 unspecified atom stereocenters. The van der Waals surface area contributed by atoms with E-state index < -0.39 is 0 Å². The van der Waals surface area contributed by atoms with Gasteiger partial charge in [-0.25, -0.2) is 4.68 Å². The molecule has 3 aromatic rings. The highest BCUT2D eigenvalue weighted by molar-refractivity contribution is 14.1. The number of nitrogens with one attached hydrogen (secondary N) is 1. The minimum atomic E-state index is -0.122. The summed E-state index contributed by atoms with van der Waals surface area (Å²) < 4.78 is 3.96. The third kappa shape index (κ3) is 2.75. The molecule has 2 aromatic carbocycles. The van der Waals surface area contributed by atoms with Crippen LogP contribution in [0.25, 0.3) is 16.6 Å². The van der Waals surface area contributed by atoms with Gasteiger partial charge in [-0.15, -0.1) is 0 Å². The number of halogens is 2. The Labute approximate surface area is 161 Å². The van der Waals surface area contributed by atoms with Crippen LogP contribution in [0, 0.1) is 3.57 Å². The van der Waals surface area contributed by atoms with Crippen molar-refractivity contribution in [2.75, 3.05) is 7.05 Å². The fourth-order valence-electron chi connectivity index (χ4n) is 2.94. The molecular formula is C18H15BrIN3O. The number of hydrogen-bond donors (Lipinski definition) is 1. The molecule has 1 saturated carbocycles. The number of aromatic nitrogens is 2. The predicted octanol–water partition coefficient (Wildman–Crippen LogP) is 4.63. The van der Waals surface area contributed by atoms with Gasteiger partial charge >= 0.3 is 0 Å². The molecule has 0 spiro atoms. The van der Waals surface area contributed by atoms with Crippen molar-refractivity contribution in [2.24, 2.45) is 0 Å². The zero-order valence-corrected chi connectivity index (χ0v) is 16.8. The van der Waals surface area contributed by atoms with Gasteiger partial charge in [0.15, 0.2) is 0 Å². The predicted molar refractivity (Wildman–Crippen MR) is 107 cm³/mol. The van der Waals surface area contributed by atoms with Crippen LogP contribution in [0.4, 0.5) is 0 Å². The van der Waals surface area contributed by atoms with Crippen molar-refractivity contribution < 1.29 is 4.79 Å². The van der Waals surface area contributed by atoms with Gasteiger partial charge in [0.05, 0.1) is 11.2 Å². The van der Waals surface area contributed by atoms with Gasteiger partial charge in [0.25, 0.3) is 5.91 Å². The molecule has 1 aliphatic carbocycles. The van der Waals surface area contributed by atoms with E-state index in [-0.39, 0.29) is 5.91 Å². The third-order valence-corrected chi connectivity index (χ3v) is 5.78. The third-order valence-electron chi connectivity index (χ3n) is 4.32. The lowest BCUT2D eigenvalue weighted by molar-refractivity contribution is 0.0957. The molecule has 1 heterocycles. The number of carbonyl (C=O) groups is 1. The van der Waals surface area contributed by atoms with Crippen LogP contribution in [0.15, 0.2) is 40.9 Å². The average molecular weight is 496 g/mol. The van der Waals surface area contributed by atoms with Gasteiger partial charge in [0, 0.05) is 20.5 Å². The second-order valence-electron chi connectivity index (χ2n) is 5.98. The minimum Gasteiger partial charge on any atom is -0.354 e. The maximum Gasteiger partial charge on any atom is 0.270 e. The summed E-state index contributed by atoms with van der Waals surface area (Å²) in [6, 6.07) is 12.1. The Bertz CT molecular complexity index is 945. The van der Waals surface area contributed by atoms with E-state index in [0.717, 1.165) is 21.1 Å². The highest BCUT2D eigenvalue weighted by Gasteiger charge is 2.28. The first-order valence-corrected chi connectivity index (χ1v) is 9.66. The lowest BCUT2D eigenvalue weighted by Gasteiger charge is -2.07. The average Bonchev–Trinajstić information content (AvgIpc) is 3.35. The Morgan fingerprint density at radius 3 is 2.62 bits per heavy atom. The summed E-state index contributed by atoms with van der Waals surface area (Å²) in [5.74, 6) is 0.512. The number of hydrogen-bond acceptors (Lipinski definition) is 2. The fourth-order valence-corrected chi connectivity index (χ4v) is 4.09. The molecule has 1 N–H and O–H groups in total. The summed E-state index contributed by atoms with van der Waals surface area (Å²) >= 11 is 5.82. The van der Waals surface area contributed by atoms with E-state index in [1.807, 2.05) is 24.3 Å². The Hall–Kier alpha value is -1.41. The Balaban J connectivity index is 1.98. The molecule has 0 atom stereocenters. The van der Waals surface area contributed by atoms with E-state index in [2.05, 4.69) is 56.0 Å². The lowest BCUT2D eigenvalue weighted by atomic mass is 10.1. The van der Waals surface area contributed by atoms with Gasteiger partial charge in [-0.2, -0.15) is 5.10 Å². The van der Waals surface area contributed by atoms with Crippen molar-refractivity contribution in [2.45, 2.75) is 18.8 Å². The molecule has 24 heavy (non-hydrogen) atoms. The van der Waals surface area contributed by atoms with Crippen molar-refractivity contribution >= 4 is 55.3 Å². The van der Waals surface area contributed by atoms with Crippen LogP contribution in [-0.2, 0) is 0 Å². The number of rotatable bonds is 3. The van der Waals surface area contributed by atoms with Crippen LogP contribution in [0.3, 0.4) is 0 Å². The van der Waals surface area contributed by atoms with Crippen molar-refractivity contribution in [3.63, 3.8) is 0 Å². The SMILES string of the molecule is CNC(=O)c1c2cc(C3CC3)c(I)cc2nn1-c1ccc(Br)cc1. The highest BCUT2D eigenvalue weighted by Crippen LogP contribution is 2.43. The van der Waals surface area contributed by atoms with Crippen LogP contribution in [0.2, 0.25) is 0 Å². The van der Waals surface area contributed by atoms with Crippen LogP contribution in [-0.4, -0.2) is 22.7 Å². The molecule has 1 fully saturated rings. The second kappa shape index (κ2) is 6.15. The standard InChI is InChI=1S/C18H15BrIN3O/c1-21-18(24)17-14-8-13(10-2-3-10)15(20)9-16(14)22-23(17)12-6-4-11(19)5-7-12/h4-10H,2-3H2,1H3,(H,21,24). The molecule has 4 nitrogen and oxygen atoms in total. The van der Waals surface area contributed by atoms with Gasteiger partial charge < -0.3 is 5.32 Å². The maximum absolute atomic E-state index is 12.5. The van der Waals surface area contributed by atoms with Crippen molar-refractivity contribution in [3.05, 3.63) is 55.7 Å². The van der Waals surface area contributed by atoms with E-state index in [9.17, 15) is 4.79 Å². The van der Waals surface area contributed by atoms with Gasteiger partial charge in [0.1, 0.15) is 5.69 Å². The Morgan fingerprint density at radius 1 is 1.29 bits per heavy atom. The molecule has 0 radical (unpaired) electrons. The number of nitrogens with zero attached hydrogens (tertiary/aromatic N) is 2. The summed E-state index contributed by atoms with van der Waals surface area (Å²) in [5.41, 5.74) is 3.65. The van der Waals surface area contributed by atoms with Crippen molar-refractivity contribution in [1.29, 1.82) is 0 Å². The quantitative estimate of drug-likeness (QED) is 0.538. The zero-order valence-electron chi connectivity index (χ0n) is 13.0.